The van der Waals surface area contributed by atoms with Crippen LogP contribution in [0.25, 0.3) is 21.7 Å². The van der Waals surface area contributed by atoms with E-state index in [1.54, 1.807) is 31.4 Å². The van der Waals surface area contributed by atoms with E-state index in [2.05, 4.69) is 10.2 Å². The van der Waals surface area contributed by atoms with Crippen molar-refractivity contribution in [1.82, 2.24) is 10.2 Å². The van der Waals surface area contributed by atoms with Gasteiger partial charge in [-0.15, -0.1) is 0 Å². The fourth-order valence-electron chi connectivity index (χ4n) is 3.79. The van der Waals surface area contributed by atoms with Crippen molar-refractivity contribution in [3.8, 4) is 5.75 Å². The van der Waals surface area contributed by atoms with Gasteiger partial charge in [0.05, 0.1) is 12.5 Å². The standard InChI is InChI=1S/C22H24N2O4/c1-27-16-6-8-18-17-7-5-15(13-19(17)22(26)28-20(18)14-16)21(25)23-9-12-24-10-3-2-4-11-24/h5-8,13-14H,2-4,9-12H2,1H3,(H,23,25). The third-order valence-corrected chi connectivity index (χ3v) is 5.35. The molecule has 1 fully saturated rings. The number of hydrogen-bond donors (Lipinski definition) is 1. The fraction of sp³-hybridized carbons (Fsp3) is 0.364. The number of methoxy groups -OCH3 is 1. The van der Waals surface area contributed by atoms with Crippen molar-refractivity contribution >= 4 is 27.6 Å². The highest BCUT2D eigenvalue weighted by atomic mass is 16.5. The summed E-state index contributed by atoms with van der Waals surface area (Å²) in [6, 6.07) is 10.5. The van der Waals surface area contributed by atoms with Crippen LogP contribution in [-0.4, -0.2) is 44.1 Å². The number of fused-ring (bicyclic) bond motifs is 3. The molecule has 1 saturated heterocycles. The van der Waals surface area contributed by atoms with Gasteiger partial charge in [-0.3, -0.25) is 4.79 Å². The summed E-state index contributed by atoms with van der Waals surface area (Å²) in [6.45, 7) is 3.66. The number of nitrogens with zero attached hydrogens (tertiary/aromatic N) is 1. The number of carbonyl (C=O) groups is 1. The molecule has 0 saturated carbocycles. The second kappa shape index (κ2) is 8.02. The predicted molar refractivity (Wildman–Crippen MR) is 109 cm³/mol. The van der Waals surface area contributed by atoms with Gasteiger partial charge in [-0.1, -0.05) is 12.5 Å². The van der Waals surface area contributed by atoms with E-state index in [0.29, 0.717) is 28.8 Å². The number of rotatable bonds is 5. The maximum absolute atomic E-state index is 12.5. The first kappa shape index (κ1) is 18.5. The molecule has 0 aliphatic carbocycles. The third kappa shape index (κ3) is 3.73. The molecule has 2 aromatic carbocycles. The van der Waals surface area contributed by atoms with Crippen LogP contribution in [0.1, 0.15) is 29.6 Å². The molecule has 3 aromatic rings. The number of ether oxygens (including phenoxy) is 1. The summed E-state index contributed by atoms with van der Waals surface area (Å²) < 4.78 is 10.6. The lowest BCUT2D eigenvalue weighted by Crippen LogP contribution is -2.37. The Bertz CT molecular complexity index is 1070. The molecule has 0 spiro atoms. The third-order valence-electron chi connectivity index (χ3n) is 5.35. The second-order valence-electron chi connectivity index (χ2n) is 7.17. The summed E-state index contributed by atoms with van der Waals surface area (Å²) in [5, 5.41) is 4.93. The quantitative estimate of drug-likeness (QED) is 0.544. The largest absolute Gasteiger partial charge is 0.497 e. The van der Waals surface area contributed by atoms with E-state index in [1.807, 2.05) is 12.1 Å². The highest BCUT2D eigenvalue weighted by Crippen LogP contribution is 2.26. The SMILES string of the molecule is COc1ccc2c(c1)oc(=O)c1cc(C(=O)NCCN3CCCCC3)ccc12. The monoisotopic (exact) mass is 380 g/mol. The summed E-state index contributed by atoms with van der Waals surface area (Å²) in [5.41, 5.74) is 0.473. The molecule has 0 unspecified atom stereocenters. The lowest BCUT2D eigenvalue weighted by Gasteiger charge is -2.26. The molecule has 6 heteroatoms. The highest BCUT2D eigenvalue weighted by molar-refractivity contribution is 6.07. The van der Waals surface area contributed by atoms with Crippen molar-refractivity contribution in [1.29, 1.82) is 0 Å². The van der Waals surface area contributed by atoms with Gasteiger partial charge in [0, 0.05) is 30.1 Å². The molecule has 1 amide bonds. The van der Waals surface area contributed by atoms with E-state index in [1.165, 1.54) is 19.3 Å². The number of nitrogens with one attached hydrogen (secondary N) is 1. The summed E-state index contributed by atoms with van der Waals surface area (Å²) in [4.78, 5) is 27.3. The molecule has 28 heavy (non-hydrogen) atoms. The van der Waals surface area contributed by atoms with Crippen LogP contribution in [0.4, 0.5) is 0 Å². The molecular formula is C22H24N2O4. The number of hydrogen-bond acceptors (Lipinski definition) is 5. The summed E-state index contributed by atoms with van der Waals surface area (Å²) in [5.74, 6) is 0.452. The Kier molecular flexibility index (Phi) is 5.30. The molecule has 1 aliphatic heterocycles. The highest BCUT2D eigenvalue weighted by Gasteiger charge is 2.13. The fourth-order valence-corrected chi connectivity index (χ4v) is 3.79. The van der Waals surface area contributed by atoms with Gasteiger partial charge in [-0.05, 0) is 55.6 Å². The van der Waals surface area contributed by atoms with Gasteiger partial charge in [-0.25, -0.2) is 4.79 Å². The van der Waals surface area contributed by atoms with Crippen LogP contribution >= 0.6 is 0 Å². The average molecular weight is 380 g/mol. The van der Waals surface area contributed by atoms with Gasteiger partial charge in [-0.2, -0.15) is 0 Å². The van der Waals surface area contributed by atoms with Gasteiger partial charge >= 0.3 is 5.63 Å². The number of amides is 1. The Balaban J connectivity index is 1.55. The zero-order valence-corrected chi connectivity index (χ0v) is 16.0. The van der Waals surface area contributed by atoms with Crippen molar-refractivity contribution in [3.63, 3.8) is 0 Å². The normalized spacial score (nSPS) is 15.0. The molecule has 146 valence electrons. The first-order valence-electron chi connectivity index (χ1n) is 9.71. The molecule has 1 aliphatic rings. The Morgan fingerprint density at radius 2 is 1.86 bits per heavy atom. The van der Waals surface area contributed by atoms with Gasteiger partial charge in [0.1, 0.15) is 11.3 Å². The van der Waals surface area contributed by atoms with Crippen LogP contribution in [0.3, 0.4) is 0 Å². The van der Waals surface area contributed by atoms with E-state index in [-0.39, 0.29) is 5.91 Å². The Morgan fingerprint density at radius 3 is 2.64 bits per heavy atom. The number of piperidine rings is 1. The van der Waals surface area contributed by atoms with Crippen molar-refractivity contribution in [3.05, 3.63) is 52.4 Å². The van der Waals surface area contributed by atoms with Crippen LogP contribution < -0.4 is 15.7 Å². The van der Waals surface area contributed by atoms with E-state index in [9.17, 15) is 9.59 Å². The smallest absolute Gasteiger partial charge is 0.344 e. The summed E-state index contributed by atoms with van der Waals surface area (Å²) in [7, 11) is 1.57. The number of benzene rings is 2. The van der Waals surface area contributed by atoms with Gasteiger partial charge in [0.2, 0.25) is 0 Å². The molecule has 0 radical (unpaired) electrons. The molecule has 0 atom stereocenters. The molecule has 1 aromatic heterocycles. The van der Waals surface area contributed by atoms with E-state index in [0.717, 1.165) is 30.4 Å². The molecular weight excluding hydrogens is 356 g/mol. The molecule has 0 bridgehead atoms. The van der Waals surface area contributed by atoms with E-state index >= 15 is 0 Å². The van der Waals surface area contributed by atoms with Crippen molar-refractivity contribution in [2.24, 2.45) is 0 Å². The van der Waals surface area contributed by atoms with Crippen LogP contribution in [0.5, 0.6) is 5.75 Å². The summed E-state index contributed by atoms with van der Waals surface area (Å²) >= 11 is 0. The van der Waals surface area contributed by atoms with E-state index in [4.69, 9.17) is 9.15 Å². The maximum Gasteiger partial charge on any atom is 0.344 e. The van der Waals surface area contributed by atoms with Crippen LogP contribution in [0, 0.1) is 0 Å². The zero-order valence-electron chi connectivity index (χ0n) is 16.0. The topological polar surface area (TPSA) is 71.8 Å². The Hall–Kier alpha value is -2.86. The van der Waals surface area contributed by atoms with Crippen LogP contribution in [0.15, 0.2) is 45.6 Å². The van der Waals surface area contributed by atoms with Gasteiger partial charge in [0.25, 0.3) is 5.91 Å². The lowest BCUT2D eigenvalue weighted by molar-refractivity contribution is 0.0946. The van der Waals surface area contributed by atoms with Crippen molar-refractivity contribution < 1.29 is 13.9 Å². The average Bonchev–Trinajstić information content (AvgIpc) is 2.74. The second-order valence-corrected chi connectivity index (χ2v) is 7.17. The molecule has 6 nitrogen and oxygen atoms in total. The predicted octanol–water partition coefficient (Wildman–Crippen LogP) is 3.17. The first-order chi connectivity index (χ1) is 13.7. The molecule has 1 N–H and O–H groups in total. The van der Waals surface area contributed by atoms with Gasteiger partial charge < -0.3 is 19.4 Å². The van der Waals surface area contributed by atoms with Crippen molar-refractivity contribution in [2.45, 2.75) is 19.3 Å². The first-order valence-corrected chi connectivity index (χ1v) is 9.71. The number of likely N-dealkylation sites (tertiary alicyclic amines) is 1. The Morgan fingerprint density at radius 1 is 1.07 bits per heavy atom. The minimum absolute atomic E-state index is 0.173. The van der Waals surface area contributed by atoms with E-state index < -0.39 is 5.63 Å². The minimum atomic E-state index is -0.460. The Labute approximate surface area is 163 Å². The molecule has 2 heterocycles. The molecule has 4 rings (SSSR count). The maximum atomic E-state index is 12.5. The lowest BCUT2D eigenvalue weighted by atomic mass is 10.0. The van der Waals surface area contributed by atoms with Crippen LogP contribution in [0.2, 0.25) is 0 Å². The van der Waals surface area contributed by atoms with Gasteiger partial charge in [0.15, 0.2) is 0 Å². The summed E-state index contributed by atoms with van der Waals surface area (Å²) in [6.07, 6.45) is 3.76. The zero-order chi connectivity index (χ0) is 19.5. The van der Waals surface area contributed by atoms with Crippen LogP contribution in [-0.2, 0) is 0 Å². The van der Waals surface area contributed by atoms with Crippen molar-refractivity contribution in [2.75, 3.05) is 33.3 Å². The number of carbonyl (C=O) groups excluding carboxylic acids is 1. The minimum Gasteiger partial charge on any atom is -0.497 e.